The average molecular weight is 387 g/mol. The molecule has 0 radical (unpaired) electrons. The van der Waals surface area contributed by atoms with E-state index < -0.39 is 0 Å². The molecule has 6 nitrogen and oxygen atoms in total. The first-order chi connectivity index (χ1) is 13.5. The highest BCUT2D eigenvalue weighted by atomic mass is 16.5. The first-order valence-corrected chi connectivity index (χ1v) is 10.3. The summed E-state index contributed by atoms with van der Waals surface area (Å²) in [5.41, 5.74) is 1.06. The van der Waals surface area contributed by atoms with Gasteiger partial charge < -0.3 is 20.3 Å². The Bertz CT molecular complexity index is 719. The van der Waals surface area contributed by atoms with E-state index >= 15 is 0 Å². The lowest BCUT2D eigenvalue weighted by atomic mass is 9.84. The van der Waals surface area contributed by atoms with E-state index in [4.69, 9.17) is 4.74 Å². The molecule has 0 aromatic heterocycles. The third kappa shape index (κ3) is 4.10. The van der Waals surface area contributed by atoms with Gasteiger partial charge in [-0.3, -0.25) is 9.79 Å². The van der Waals surface area contributed by atoms with Gasteiger partial charge in [-0.25, -0.2) is 0 Å². The summed E-state index contributed by atoms with van der Waals surface area (Å²) in [6.07, 6.45) is 6.40. The van der Waals surface area contributed by atoms with Crippen molar-refractivity contribution in [3.05, 3.63) is 29.8 Å². The van der Waals surface area contributed by atoms with Gasteiger partial charge in [0.1, 0.15) is 5.75 Å². The van der Waals surface area contributed by atoms with Crippen LogP contribution in [-0.4, -0.2) is 58.1 Å². The molecule has 2 aliphatic carbocycles. The number of rotatable bonds is 7. The first kappa shape index (κ1) is 20.5. The fraction of sp³-hybridized carbons (Fsp3) is 0.636. The van der Waals surface area contributed by atoms with Crippen molar-refractivity contribution in [3.8, 4) is 5.75 Å². The number of carbonyl (C=O) groups excluding carboxylic acids is 1. The maximum absolute atomic E-state index is 12.8. The van der Waals surface area contributed by atoms with Gasteiger partial charge in [-0.1, -0.05) is 31.0 Å². The summed E-state index contributed by atoms with van der Waals surface area (Å²) in [5.74, 6) is 1.94. The molecule has 1 aromatic rings. The summed E-state index contributed by atoms with van der Waals surface area (Å²) in [4.78, 5) is 18.9. The van der Waals surface area contributed by atoms with Gasteiger partial charge >= 0.3 is 0 Å². The van der Waals surface area contributed by atoms with Crippen LogP contribution in [-0.2, 0) is 10.2 Å². The molecular formula is C22H34N4O2. The number of benzene rings is 1. The van der Waals surface area contributed by atoms with Gasteiger partial charge in [0.25, 0.3) is 0 Å². The molecule has 1 aromatic carbocycles. The zero-order valence-corrected chi connectivity index (χ0v) is 17.7. The van der Waals surface area contributed by atoms with Crippen molar-refractivity contribution < 1.29 is 9.53 Å². The van der Waals surface area contributed by atoms with Gasteiger partial charge in [-0.05, 0) is 31.7 Å². The lowest BCUT2D eigenvalue weighted by Gasteiger charge is -2.31. The number of hydrogen-bond donors (Lipinski definition) is 2. The molecule has 6 heteroatoms. The van der Waals surface area contributed by atoms with Crippen LogP contribution in [0.25, 0.3) is 0 Å². The number of para-hydroxylation sites is 1. The van der Waals surface area contributed by atoms with Crippen LogP contribution in [0.2, 0.25) is 0 Å². The maximum Gasteiger partial charge on any atom is 0.230 e. The second-order valence-corrected chi connectivity index (χ2v) is 8.45. The van der Waals surface area contributed by atoms with E-state index in [1.807, 2.05) is 26.2 Å². The van der Waals surface area contributed by atoms with Crippen molar-refractivity contribution >= 4 is 11.9 Å². The van der Waals surface area contributed by atoms with E-state index in [0.717, 1.165) is 56.8 Å². The predicted molar refractivity (Wildman–Crippen MR) is 113 cm³/mol. The minimum atomic E-state index is -0.305. The Balaban J connectivity index is 1.62. The monoisotopic (exact) mass is 386 g/mol. The molecule has 28 heavy (non-hydrogen) atoms. The molecule has 0 heterocycles. The summed E-state index contributed by atoms with van der Waals surface area (Å²) >= 11 is 0. The molecule has 0 spiro atoms. The van der Waals surface area contributed by atoms with Gasteiger partial charge in [0.05, 0.1) is 12.5 Å². The summed E-state index contributed by atoms with van der Waals surface area (Å²) in [6.45, 7) is 1.44. The van der Waals surface area contributed by atoms with Crippen LogP contribution in [0.1, 0.15) is 44.1 Å². The highest BCUT2D eigenvalue weighted by Crippen LogP contribution is 2.50. The lowest BCUT2D eigenvalue weighted by molar-refractivity contribution is -0.138. The molecule has 2 fully saturated rings. The molecule has 0 saturated heterocycles. The Labute approximate surface area is 168 Å². The second kappa shape index (κ2) is 8.41. The van der Waals surface area contributed by atoms with Gasteiger partial charge in [-0.15, -0.1) is 0 Å². The van der Waals surface area contributed by atoms with E-state index in [1.54, 1.807) is 19.1 Å². The number of methoxy groups -OCH3 is 1. The average Bonchev–Trinajstić information content (AvgIpc) is 3.35. The SMILES string of the molecule is CN=C(NCC1(C(=O)N(C)C)CCCC1)NCC1(c2ccccc2OC)CC1. The smallest absolute Gasteiger partial charge is 0.230 e. The zero-order chi connectivity index (χ0) is 20.2. The minimum Gasteiger partial charge on any atom is -0.496 e. The molecule has 0 unspecified atom stereocenters. The van der Waals surface area contributed by atoms with Gasteiger partial charge in [0, 0.05) is 45.2 Å². The number of carbonyl (C=O) groups is 1. The lowest BCUT2D eigenvalue weighted by Crippen LogP contribution is -2.50. The van der Waals surface area contributed by atoms with Crippen LogP contribution in [0.5, 0.6) is 5.75 Å². The zero-order valence-electron chi connectivity index (χ0n) is 17.7. The van der Waals surface area contributed by atoms with Crippen LogP contribution in [0.15, 0.2) is 29.3 Å². The first-order valence-electron chi connectivity index (χ1n) is 10.3. The van der Waals surface area contributed by atoms with Crippen LogP contribution in [0, 0.1) is 5.41 Å². The van der Waals surface area contributed by atoms with Crippen LogP contribution in [0.4, 0.5) is 0 Å². The van der Waals surface area contributed by atoms with E-state index in [2.05, 4.69) is 27.8 Å². The number of aliphatic imine (C=N–C) groups is 1. The molecule has 2 saturated carbocycles. The third-order valence-electron chi connectivity index (χ3n) is 6.36. The minimum absolute atomic E-state index is 0.106. The molecule has 0 aliphatic heterocycles. The Morgan fingerprint density at radius 2 is 1.75 bits per heavy atom. The van der Waals surface area contributed by atoms with Crippen molar-refractivity contribution in [1.29, 1.82) is 0 Å². The molecule has 154 valence electrons. The van der Waals surface area contributed by atoms with Crippen molar-refractivity contribution in [1.82, 2.24) is 15.5 Å². The number of nitrogens with one attached hydrogen (secondary N) is 2. The Morgan fingerprint density at radius 1 is 1.11 bits per heavy atom. The molecule has 0 bridgehead atoms. The van der Waals surface area contributed by atoms with Gasteiger partial charge in [0.15, 0.2) is 5.96 Å². The standard InChI is InChI=1S/C22H34N4O2/c1-23-20(25-16-22(11-7-8-12-22)19(27)26(2)3)24-15-21(13-14-21)17-9-5-6-10-18(17)28-4/h5-6,9-10H,7-8,11-16H2,1-4H3,(H2,23,24,25). The highest BCUT2D eigenvalue weighted by molar-refractivity contribution is 5.85. The van der Waals surface area contributed by atoms with E-state index in [0.29, 0.717) is 6.54 Å². The number of guanidine groups is 1. The third-order valence-corrected chi connectivity index (χ3v) is 6.36. The van der Waals surface area contributed by atoms with Crippen molar-refractivity contribution in [2.75, 3.05) is 41.3 Å². The predicted octanol–water partition coefficient (Wildman–Crippen LogP) is 2.54. The Hall–Kier alpha value is -2.24. The van der Waals surface area contributed by atoms with Gasteiger partial charge in [-0.2, -0.15) is 0 Å². The fourth-order valence-corrected chi connectivity index (χ4v) is 4.49. The van der Waals surface area contributed by atoms with Crippen molar-refractivity contribution in [2.24, 2.45) is 10.4 Å². The largest absolute Gasteiger partial charge is 0.496 e. The van der Waals surface area contributed by atoms with E-state index in [-0.39, 0.29) is 16.7 Å². The maximum atomic E-state index is 12.8. The molecular weight excluding hydrogens is 352 g/mol. The number of hydrogen-bond acceptors (Lipinski definition) is 3. The molecule has 2 aliphatic rings. The molecule has 2 N–H and O–H groups in total. The quantitative estimate of drug-likeness (QED) is 0.558. The summed E-state index contributed by atoms with van der Waals surface area (Å²) in [6, 6.07) is 8.27. The van der Waals surface area contributed by atoms with Crippen LogP contribution < -0.4 is 15.4 Å². The Morgan fingerprint density at radius 3 is 2.32 bits per heavy atom. The number of nitrogens with zero attached hydrogens (tertiary/aromatic N) is 2. The van der Waals surface area contributed by atoms with E-state index in [1.165, 1.54) is 5.56 Å². The molecule has 1 amide bonds. The Kier molecular flexibility index (Phi) is 6.16. The topological polar surface area (TPSA) is 66.0 Å². The highest BCUT2D eigenvalue weighted by Gasteiger charge is 2.46. The van der Waals surface area contributed by atoms with Crippen LogP contribution in [0.3, 0.4) is 0 Å². The number of amides is 1. The normalized spacial score (nSPS) is 19.8. The second-order valence-electron chi connectivity index (χ2n) is 8.45. The number of ether oxygens (including phenoxy) is 1. The fourth-order valence-electron chi connectivity index (χ4n) is 4.49. The summed E-state index contributed by atoms with van der Waals surface area (Å²) in [5, 5.41) is 6.92. The summed E-state index contributed by atoms with van der Waals surface area (Å²) < 4.78 is 5.57. The molecule has 3 rings (SSSR count). The van der Waals surface area contributed by atoms with Crippen molar-refractivity contribution in [3.63, 3.8) is 0 Å². The van der Waals surface area contributed by atoms with Gasteiger partial charge in [0.2, 0.25) is 5.91 Å². The van der Waals surface area contributed by atoms with E-state index in [9.17, 15) is 4.79 Å². The summed E-state index contributed by atoms with van der Waals surface area (Å²) in [7, 11) is 7.21. The molecule has 0 atom stereocenters. The van der Waals surface area contributed by atoms with Crippen LogP contribution >= 0.6 is 0 Å². The van der Waals surface area contributed by atoms with Crippen molar-refractivity contribution in [2.45, 2.75) is 43.9 Å².